The van der Waals surface area contributed by atoms with Crippen LogP contribution in [0.15, 0.2) is 85.1 Å². The average molecular weight is 391 g/mol. The Hall–Kier alpha value is -3.38. The molecule has 29 heavy (non-hydrogen) atoms. The van der Waals surface area contributed by atoms with Gasteiger partial charge in [0.05, 0.1) is 12.4 Å². The van der Waals surface area contributed by atoms with Gasteiger partial charge in [0.25, 0.3) is 0 Å². The SMILES string of the molecule is NOC(CCCC(=O)O)=C(c1ccccc1)C(Cc1ccccc1)n1ccnc1. The van der Waals surface area contributed by atoms with E-state index in [0.29, 0.717) is 25.0 Å². The molecule has 1 aromatic heterocycles. The van der Waals surface area contributed by atoms with Crippen molar-refractivity contribution >= 4 is 11.5 Å². The van der Waals surface area contributed by atoms with E-state index in [1.165, 1.54) is 5.56 Å². The zero-order valence-corrected chi connectivity index (χ0v) is 16.1. The second-order valence-corrected chi connectivity index (χ2v) is 6.78. The van der Waals surface area contributed by atoms with Gasteiger partial charge in [0.15, 0.2) is 0 Å². The van der Waals surface area contributed by atoms with E-state index in [9.17, 15) is 4.79 Å². The van der Waals surface area contributed by atoms with Gasteiger partial charge in [-0.3, -0.25) is 4.79 Å². The molecule has 0 saturated heterocycles. The Kier molecular flexibility index (Phi) is 7.19. The first-order valence-electron chi connectivity index (χ1n) is 9.57. The van der Waals surface area contributed by atoms with Crippen LogP contribution in [0.5, 0.6) is 0 Å². The predicted molar refractivity (Wildman–Crippen MR) is 112 cm³/mol. The number of benzene rings is 2. The fraction of sp³-hybridized carbons (Fsp3) is 0.217. The van der Waals surface area contributed by atoms with Gasteiger partial charge in [0.1, 0.15) is 5.76 Å². The van der Waals surface area contributed by atoms with Crippen LogP contribution < -0.4 is 5.90 Å². The lowest BCUT2D eigenvalue weighted by atomic mass is 9.90. The number of carbonyl (C=O) groups is 1. The second-order valence-electron chi connectivity index (χ2n) is 6.78. The summed E-state index contributed by atoms with van der Waals surface area (Å²) in [4.78, 5) is 20.5. The Morgan fingerprint density at radius 3 is 2.34 bits per heavy atom. The van der Waals surface area contributed by atoms with Gasteiger partial charge in [-0.05, 0) is 24.0 Å². The minimum atomic E-state index is -0.835. The van der Waals surface area contributed by atoms with Crippen molar-refractivity contribution < 1.29 is 14.7 Å². The van der Waals surface area contributed by atoms with E-state index in [4.69, 9.17) is 15.8 Å². The van der Waals surface area contributed by atoms with Crippen molar-refractivity contribution in [2.24, 2.45) is 5.90 Å². The van der Waals surface area contributed by atoms with Crippen LogP contribution in [0.3, 0.4) is 0 Å². The summed E-state index contributed by atoms with van der Waals surface area (Å²) < 4.78 is 2.03. The van der Waals surface area contributed by atoms with E-state index >= 15 is 0 Å². The van der Waals surface area contributed by atoms with Crippen LogP contribution in [-0.2, 0) is 16.1 Å². The van der Waals surface area contributed by atoms with Gasteiger partial charge in [-0.1, -0.05) is 60.7 Å². The summed E-state index contributed by atoms with van der Waals surface area (Å²) in [5, 5.41) is 9.01. The van der Waals surface area contributed by atoms with Gasteiger partial charge < -0.3 is 14.5 Å². The third kappa shape index (κ3) is 5.56. The molecule has 0 aliphatic carbocycles. The predicted octanol–water partition coefficient (Wildman–Crippen LogP) is 4.22. The summed E-state index contributed by atoms with van der Waals surface area (Å²) in [5.74, 6) is 5.44. The number of allylic oxidation sites excluding steroid dienone is 2. The lowest BCUT2D eigenvalue weighted by molar-refractivity contribution is -0.137. The number of nitrogens with zero attached hydrogens (tertiary/aromatic N) is 2. The van der Waals surface area contributed by atoms with Crippen LogP contribution in [-0.4, -0.2) is 20.6 Å². The number of imidazole rings is 1. The average Bonchev–Trinajstić information content (AvgIpc) is 3.28. The van der Waals surface area contributed by atoms with Crippen LogP contribution in [0.1, 0.15) is 36.4 Å². The molecule has 0 fully saturated rings. The van der Waals surface area contributed by atoms with Crippen LogP contribution in [0.25, 0.3) is 5.57 Å². The molecular formula is C23H25N3O3. The van der Waals surface area contributed by atoms with Crippen molar-refractivity contribution in [3.63, 3.8) is 0 Å². The molecule has 6 heteroatoms. The number of nitrogens with two attached hydrogens (primary N) is 1. The fourth-order valence-electron chi connectivity index (χ4n) is 3.46. The van der Waals surface area contributed by atoms with Crippen molar-refractivity contribution in [1.82, 2.24) is 9.55 Å². The molecule has 0 radical (unpaired) electrons. The number of rotatable bonds is 10. The van der Waals surface area contributed by atoms with Gasteiger partial charge in [-0.15, -0.1) is 0 Å². The van der Waals surface area contributed by atoms with E-state index in [1.807, 2.05) is 59.3 Å². The maximum absolute atomic E-state index is 11.0. The minimum absolute atomic E-state index is 0.0589. The molecule has 0 spiro atoms. The van der Waals surface area contributed by atoms with Gasteiger partial charge in [0, 0.05) is 30.8 Å². The largest absolute Gasteiger partial charge is 0.481 e. The van der Waals surface area contributed by atoms with Gasteiger partial charge >= 0.3 is 5.97 Å². The zero-order chi connectivity index (χ0) is 20.5. The number of hydrogen-bond acceptors (Lipinski definition) is 4. The summed E-state index contributed by atoms with van der Waals surface area (Å²) in [6, 6.07) is 20.0. The molecule has 1 atom stereocenters. The smallest absolute Gasteiger partial charge is 0.303 e. The molecule has 1 unspecified atom stereocenters. The highest BCUT2D eigenvalue weighted by Crippen LogP contribution is 2.35. The summed E-state index contributed by atoms with van der Waals surface area (Å²) in [6.07, 6.45) is 7.10. The zero-order valence-electron chi connectivity index (χ0n) is 16.1. The standard InChI is InChI=1S/C23H25N3O3/c24-29-21(12-7-13-22(27)28)23(19-10-5-2-6-11-19)20(26-15-14-25-17-26)16-18-8-3-1-4-9-18/h1-6,8-11,14-15,17,20H,7,12-13,16,24H2,(H,27,28). The van der Waals surface area contributed by atoms with E-state index in [0.717, 1.165) is 11.1 Å². The molecule has 6 nitrogen and oxygen atoms in total. The summed E-state index contributed by atoms with van der Waals surface area (Å²) in [7, 11) is 0. The molecule has 0 bridgehead atoms. The first-order chi connectivity index (χ1) is 14.2. The first-order valence-corrected chi connectivity index (χ1v) is 9.57. The van der Waals surface area contributed by atoms with Crippen molar-refractivity contribution in [1.29, 1.82) is 0 Å². The lowest BCUT2D eigenvalue weighted by Gasteiger charge is -2.25. The Labute approximate surface area is 170 Å². The van der Waals surface area contributed by atoms with Crippen LogP contribution >= 0.6 is 0 Å². The Morgan fingerprint density at radius 1 is 1.07 bits per heavy atom. The Morgan fingerprint density at radius 2 is 1.76 bits per heavy atom. The van der Waals surface area contributed by atoms with Crippen molar-refractivity contribution in [3.8, 4) is 0 Å². The van der Waals surface area contributed by atoms with Gasteiger partial charge in [0.2, 0.25) is 0 Å². The normalized spacial score (nSPS) is 12.9. The molecule has 0 aliphatic heterocycles. The Balaban J connectivity index is 2.07. The van der Waals surface area contributed by atoms with Gasteiger partial charge in [-0.2, -0.15) is 5.90 Å². The van der Waals surface area contributed by atoms with Crippen LogP contribution in [0.2, 0.25) is 0 Å². The number of aliphatic carboxylic acids is 1. The maximum atomic E-state index is 11.0. The third-order valence-electron chi connectivity index (χ3n) is 4.81. The van der Waals surface area contributed by atoms with Crippen LogP contribution in [0, 0.1) is 0 Å². The van der Waals surface area contributed by atoms with Crippen molar-refractivity contribution in [2.75, 3.05) is 0 Å². The second kappa shape index (κ2) is 10.2. The fourth-order valence-corrected chi connectivity index (χ4v) is 3.46. The highest BCUT2D eigenvalue weighted by Gasteiger charge is 2.23. The van der Waals surface area contributed by atoms with E-state index in [2.05, 4.69) is 17.1 Å². The summed E-state index contributed by atoms with van der Waals surface area (Å²) in [5.41, 5.74) is 3.08. The highest BCUT2D eigenvalue weighted by molar-refractivity contribution is 5.71. The monoisotopic (exact) mass is 391 g/mol. The molecule has 0 saturated carbocycles. The van der Waals surface area contributed by atoms with Crippen molar-refractivity contribution in [3.05, 3.63) is 96.3 Å². The number of carboxylic acid groups (broad SMARTS) is 1. The van der Waals surface area contributed by atoms with Gasteiger partial charge in [-0.25, -0.2) is 4.98 Å². The van der Waals surface area contributed by atoms with E-state index in [-0.39, 0.29) is 12.5 Å². The summed E-state index contributed by atoms with van der Waals surface area (Å²) >= 11 is 0. The molecular weight excluding hydrogens is 366 g/mol. The highest BCUT2D eigenvalue weighted by atomic mass is 16.6. The topological polar surface area (TPSA) is 90.4 Å². The Bertz CT molecular complexity index is 923. The third-order valence-corrected chi connectivity index (χ3v) is 4.81. The number of hydrogen-bond donors (Lipinski definition) is 2. The van der Waals surface area contributed by atoms with E-state index < -0.39 is 5.97 Å². The van der Waals surface area contributed by atoms with Crippen molar-refractivity contribution in [2.45, 2.75) is 31.7 Å². The molecule has 3 aromatic rings. The molecule has 3 rings (SSSR count). The van der Waals surface area contributed by atoms with E-state index in [1.54, 1.807) is 12.5 Å². The molecule has 0 aliphatic rings. The first kappa shape index (κ1) is 20.4. The molecule has 3 N–H and O–H groups in total. The minimum Gasteiger partial charge on any atom is -0.481 e. The molecule has 2 aromatic carbocycles. The number of carboxylic acids is 1. The van der Waals surface area contributed by atoms with Crippen LogP contribution in [0.4, 0.5) is 0 Å². The maximum Gasteiger partial charge on any atom is 0.303 e. The molecule has 1 heterocycles. The quantitative estimate of drug-likeness (QED) is 0.399. The molecule has 150 valence electrons. The summed E-state index contributed by atoms with van der Waals surface area (Å²) in [6.45, 7) is 0. The lowest BCUT2D eigenvalue weighted by Crippen LogP contribution is -2.17. The number of aromatic nitrogens is 2. The molecule has 0 amide bonds.